The summed E-state index contributed by atoms with van der Waals surface area (Å²) in [6.45, 7) is 8.32. The van der Waals surface area contributed by atoms with Crippen LogP contribution in [0.15, 0.2) is 12.1 Å². The van der Waals surface area contributed by atoms with E-state index in [0.717, 1.165) is 44.1 Å². The van der Waals surface area contributed by atoms with Crippen LogP contribution in [0.25, 0.3) is 0 Å². The molecule has 1 aliphatic rings. The number of nitriles is 1. The minimum absolute atomic E-state index is 0.657. The summed E-state index contributed by atoms with van der Waals surface area (Å²) in [5.74, 6) is 1.52. The van der Waals surface area contributed by atoms with E-state index in [2.05, 4.69) is 28.2 Å². The van der Waals surface area contributed by atoms with Crippen molar-refractivity contribution in [2.24, 2.45) is 5.92 Å². The van der Waals surface area contributed by atoms with Crippen LogP contribution >= 0.6 is 0 Å². The molecule has 0 amide bonds. The average molecular weight is 272 g/mol. The highest BCUT2D eigenvalue weighted by molar-refractivity contribution is 5.54. The lowest BCUT2D eigenvalue weighted by Crippen LogP contribution is -2.39. The first-order valence-electron chi connectivity index (χ1n) is 7.58. The summed E-state index contributed by atoms with van der Waals surface area (Å²) in [5, 5.41) is 12.8. The number of aromatic nitrogens is 1. The van der Waals surface area contributed by atoms with E-state index in [4.69, 9.17) is 0 Å². The summed E-state index contributed by atoms with van der Waals surface area (Å²) in [5.41, 5.74) is 1.66. The monoisotopic (exact) mass is 272 g/mol. The third-order valence-corrected chi connectivity index (χ3v) is 3.81. The molecule has 1 aromatic rings. The van der Waals surface area contributed by atoms with E-state index in [1.807, 2.05) is 19.1 Å². The molecule has 1 saturated heterocycles. The Morgan fingerprint density at radius 3 is 3.00 bits per heavy atom. The van der Waals surface area contributed by atoms with Gasteiger partial charge in [0.1, 0.15) is 11.9 Å². The maximum Gasteiger partial charge on any atom is 0.146 e. The standard InChI is InChI=1S/C16H24N4/c1-3-9-20(12-14-5-4-8-18-11-14)16-15(10-17)7-6-13(2)19-16/h6-7,14,18H,3-5,8-9,11-12H2,1-2H3. The molecule has 2 rings (SSSR count). The molecule has 1 atom stereocenters. The van der Waals surface area contributed by atoms with Gasteiger partial charge in [0, 0.05) is 18.8 Å². The van der Waals surface area contributed by atoms with Crippen molar-refractivity contribution in [2.75, 3.05) is 31.1 Å². The van der Waals surface area contributed by atoms with Gasteiger partial charge in [-0.05, 0) is 57.3 Å². The van der Waals surface area contributed by atoms with Gasteiger partial charge in [-0.3, -0.25) is 0 Å². The van der Waals surface area contributed by atoms with Crippen LogP contribution in [0.4, 0.5) is 5.82 Å². The number of nitrogens with one attached hydrogen (secondary N) is 1. The summed E-state index contributed by atoms with van der Waals surface area (Å²) >= 11 is 0. The third kappa shape index (κ3) is 3.71. The summed E-state index contributed by atoms with van der Waals surface area (Å²) < 4.78 is 0. The van der Waals surface area contributed by atoms with Gasteiger partial charge in [0.05, 0.1) is 5.56 Å². The quantitative estimate of drug-likeness (QED) is 0.894. The minimum atomic E-state index is 0.657. The lowest BCUT2D eigenvalue weighted by molar-refractivity contribution is 0.376. The molecule has 0 aliphatic carbocycles. The number of piperidine rings is 1. The van der Waals surface area contributed by atoms with Crippen LogP contribution in [0.3, 0.4) is 0 Å². The van der Waals surface area contributed by atoms with Gasteiger partial charge in [-0.25, -0.2) is 4.98 Å². The second-order valence-corrected chi connectivity index (χ2v) is 5.59. The Hall–Kier alpha value is -1.60. The van der Waals surface area contributed by atoms with Gasteiger partial charge in [-0.15, -0.1) is 0 Å². The topological polar surface area (TPSA) is 52.0 Å². The fourth-order valence-corrected chi connectivity index (χ4v) is 2.82. The van der Waals surface area contributed by atoms with E-state index < -0.39 is 0 Å². The Kier molecular flexibility index (Phi) is 5.37. The number of hydrogen-bond donors (Lipinski definition) is 1. The molecule has 0 aromatic carbocycles. The fourth-order valence-electron chi connectivity index (χ4n) is 2.82. The molecule has 2 heterocycles. The second-order valence-electron chi connectivity index (χ2n) is 5.59. The summed E-state index contributed by atoms with van der Waals surface area (Å²) in [7, 11) is 0. The number of anilines is 1. The van der Waals surface area contributed by atoms with Crippen molar-refractivity contribution in [2.45, 2.75) is 33.1 Å². The van der Waals surface area contributed by atoms with Crippen LogP contribution in [0, 0.1) is 24.2 Å². The Morgan fingerprint density at radius 1 is 1.50 bits per heavy atom. The van der Waals surface area contributed by atoms with Gasteiger partial charge in [-0.2, -0.15) is 5.26 Å². The molecule has 108 valence electrons. The third-order valence-electron chi connectivity index (χ3n) is 3.81. The molecule has 4 heteroatoms. The summed E-state index contributed by atoms with van der Waals surface area (Å²) in [6.07, 6.45) is 3.58. The number of aryl methyl sites for hydroxylation is 1. The van der Waals surface area contributed by atoms with Crippen LogP contribution in [-0.4, -0.2) is 31.2 Å². The molecule has 4 nitrogen and oxygen atoms in total. The first-order valence-corrected chi connectivity index (χ1v) is 7.58. The molecule has 20 heavy (non-hydrogen) atoms. The van der Waals surface area contributed by atoms with Gasteiger partial charge < -0.3 is 10.2 Å². The Labute approximate surface area is 121 Å². The van der Waals surface area contributed by atoms with Crippen molar-refractivity contribution in [3.8, 4) is 6.07 Å². The minimum Gasteiger partial charge on any atom is -0.355 e. The highest BCUT2D eigenvalue weighted by Gasteiger charge is 2.19. The largest absolute Gasteiger partial charge is 0.355 e. The zero-order valence-electron chi connectivity index (χ0n) is 12.5. The first kappa shape index (κ1) is 14.8. The number of rotatable bonds is 5. The molecule has 0 saturated carbocycles. The van der Waals surface area contributed by atoms with Crippen LogP contribution in [0.1, 0.15) is 37.4 Å². The van der Waals surface area contributed by atoms with Crippen molar-refractivity contribution < 1.29 is 0 Å². The normalized spacial score (nSPS) is 18.6. The van der Waals surface area contributed by atoms with Crippen molar-refractivity contribution in [1.29, 1.82) is 5.26 Å². The lowest BCUT2D eigenvalue weighted by atomic mass is 9.99. The fraction of sp³-hybridized carbons (Fsp3) is 0.625. The maximum atomic E-state index is 9.30. The highest BCUT2D eigenvalue weighted by Crippen LogP contribution is 2.21. The van der Waals surface area contributed by atoms with E-state index in [1.54, 1.807) is 0 Å². The van der Waals surface area contributed by atoms with E-state index in [9.17, 15) is 5.26 Å². The summed E-state index contributed by atoms with van der Waals surface area (Å²) in [6, 6.07) is 6.08. The second kappa shape index (κ2) is 7.25. The predicted molar refractivity (Wildman–Crippen MR) is 81.8 cm³/mol. The van der Waals surface area contributed by atoms with Crippen LogP contribution in [0.2, 0.25) is 0 Å². The Morgan fingerprint density at radius 2 is 2.35 bits per heavy atom. The summed E-state index contributed by atoms with van der Waals surface area (Å²) in [4.78, 5) is 6.91. The van der Waals surface area contributed by atoms with Crippen molar-refractivity contribution in [3.63, 3.8) is 0 Å². The maximum absolute atomic E-state index is 9.30. The van der Waals surface area contributed by atoms with Crippen molar-refractivity contribution in [3.05, 3.63) is 23.4 Å². The van der Waals surface area contributed by atoms with E-state index in [1.165, 1.54) is 12.8 Å². The van der Waals surface area contributed by atoms with E-state index >= 15 is 0 Å². The molecule has 0 radical (unpaired) electrons. The van der Waals surface area contributed by atoms with Gasteiger partial charge in [0.25, 0.3) is 0 Å². The predicted octanol–water partition coefficient (Wildman–Crippen LogP) is 2.48. The van der Waals surface area contributed by atoms with Crippen molar-refractivity contribution >= 4 is 5.82 Å². The molecular formula is C16H24N4. The van der Waals surface area contributed by atoms with Gasteiger partial charge in [-0.1, -0.05) is 6.92 Å². The zero-order chi connectivity index (χ0) is 14.4. The van der Waals surface area contributed by atoms with Gasteiger partial charge in [0.2, 0.25) is 0 Å². The van der Waals surface area contributed by atoms with E-state index in [-0.39, 0.29) is 0 Å². The Bertz CT molecular complexity index is 472. The smallest absolute Gasteiger partial charge is 0.146 e. The molecule has 1 unspecified atom stereocenters. The molecule has 1 aromatic heterocycles. The lowest BCUT2D eigenvalue weighted by Gasteiger charge is -2.31. The zero-order valence-corrected chi connectivity index (χ0v) is 12.5. The SMILES string of the molecule is CCCN(CC1CCCNC1)c1nc(C)ccc1C#N. The average Bonchev–Trinajstić information content (AvgIpc) is 2.48. The number of hydrogen-bond acceptors (Lipinski definition) is 4. The van der Waals surface area contributed by atoms with Gasteiger partial charge in [0.15, 0.2) is 0 Å². The van der Waals surface area contributed by atoms with Gasteiger partial charge >= 0.3 is 0 Å². The number of nitrogens with zero attached hydrogens (tertiary/aromatic N) is 3. The van der Waals surface area contributed by atoms with E-state index in [0.29, 0.717) is 11.5 Å². The van der Waals surface area contributed by atoms with Crippen LogP contribution in [-0.2, 0) is 0 Å². The Balaban J connectivity index is 2.18. The molecule has 1 aliphatic heterocycles. The van der Waals surface area contributed by atoms with Crippen molar-refractivity contribution in [1.82, 2.24) is 10.3 Å². The molecule has 1 fully saturated rings. The molecule has 1 N–H and O–H groups in total. The molecular weight excluding hydrogens is 248 g/mol. The van der Waals surface area contributed by atoms with Crippen LogP contribution < -0.4 is 10.2 Å². The molecule has 0 spiro atoms. The first-order chi connectivity index (χ1) is 9.74. The van der Waals surface area contributed by atoms with Crippen LogP contribution in [0.5, 0.6) is 0 Å². The molecule has 0 bridgehead atoms. The number of pyridine rings is 1. The highest BCUT2D eigenvalue weighted by atomic mass is 15.2.